The molecular weight excluding hydrogens is 1050 g/mol. The molecule has 0 radical (unpaired) electrons. The molecule has 0 N–H and O–H groups in total. The first kappa shape index (κ1) is 51.7. The number of nitrogens with zero attached hydrogens (tertiary/aromatic N) is 4. The summed E-state index contributed by atoms with van der Waals surface area (Å²) < 4.78 is 2.59. The Morgan fingerprint density at radius 3 is 1.26 bits per heavy atom. The number of benzene rings is 13. The molecular formula is C82H61BN4. The molecule has 5 heteroatoms. The Hall–Kier alpha value is -10.9. The van der Waals surface area contributed by atoms with E-state index in [9.17, 15) is 0 Å². The highest BCUT2D eigenvalue weighted by molar-refractivity contribution is 7.02. The Labute approximate surface area is 509 Å². The third-order valence-corrected chi connectivity index (χ3v) is 17.9. The first-order valence-corrected chi connectivity index (χ1v) is 30.3. The van der Waals surface area contributed by atoms with Gasteiger partial charge in [-0.3, -0.25) is 0 Å². The van der Waals surface area contributed by atoms with E-state index in [4.69, 9.17) is 0 Å². The average molecular weight is 1110 g/mol. The van der Waals surface area contributed by atoms with Gasteiger partial charge in [0.1, 0.15) is 0 Å². The van der Waals surface area contributed by atoms with Crippen LogP contribution in [0.25, 0.3) is 72.0 Å². The van der Waals surface area contributed by atoms with Crippen molar-refractivity contribution in [2.75, 3.05) is 14.7 Å². The number of anilines is 9. The molecule has 0 amide bonds. The molecule has 0 fully saturated rings. The maximum atomic E-state index is 2.63. The van der Waals surface area contributed by atoms with Gasteiger partial charge in [-0.15, -0.1) is 0 Å². The molecule has 13 aromatic carbocycles. The van der Waals surface area contributed by atoms with Gasteiger partial charge in [-0.2, -0.15) is 0 Å². The second-order valence-corrected chi connectivity index (χ2v) is 24.0. The second-order valence-electron chi connectivity index (χ2n) is 24.0. The molecule has 0 saturated carbocycles. The van der Waals surface area contributed by atoms with Crippen LogP contribution in [0, 0.1) is 0 Å². The quantitative estimate of drug-likeness (QED) is 0.127. The van der Waals surface area contributed by atoms with E-state index in [1.165, 1.54) is 71.8 Å². The van der Waals surface area contributed by atoms with Gasteiger partial charge >= 0.3 is 0 Å². The van der Waals surface area contributed by atoms with Crippen molar-refractivity contribution in [3.05, 3.63) is 321 Å². The number of aromatic nitrogens is 1. The molecule has 0 spiro atoms. The van der Waals surface area contributed by atoms with Crippen LogP contribution in [0.15, 0.2) is 315 Å². The maximum absolute atomic E-state index is 2.63. The molecule has 3 heterocycles. The van der Waals surface area contributed by atoms with Crippen molar-refractivity contribution in [1.82, 2.24) is 4.57 Å². The van der Waals surface area contributed by atoms with Crippen molar-refractivity contribution in [3.63, 3.8) is 0 Å². The molecule has 16 rings (SSSR count). The standard InChI is InChI=1S/C82H61BN4/c1-82(2,3)60-53-76-79-77(54-60)86(71-47-26-23-42-65(71)57-31-12-5-13-32-57)75-55-63(84(61-37-18-8-19-38-61)62-39-20-9-21-40-62)49-50-69(75)83(79)80-74(85(76)70-46-25-22-41-64(70)56-29-10-4-11-30-56)52-51-73-78(80)68-43-24-27-48-72(68)87(73)81-66(58-33-14-6-15-34-58)44-28-45-67(81)59-35-16-7-17-36-59/h4-55H,1-3H3. The molecule has 412 valence electrons. The normalized spacial score (nSPS) is 12.5. The van der Waals surface area contributed by atoms with Crippen LogP contribution in [0.2, 0.25) is 0 Å². The van der Waals surface area contributed by atoms with E-state index in [-0.39, 0.29) is 12.1 Å². The van der Waals surface area contributed by atoms with Crippen LogP contribution in [-0.2, 0) is 5.41 Å². The number of para-hydroxylation sites is 6. The van der Waals surface area contributed by atoms with Crippen LogP contribution >= 0.6 is 0 Å². The summed E-state index contributed by atoms with van der Waals surface area (Å²) in [5, 5.41) is 2.44. The molecule has 14 aromatic rings. The largest absolute Gasteiger partial charge is 0.311 e. The lowest BCUT2D eigenvalue weighted by Gasteiger charge is -2.46. The van der Waals surface area contributed by atoms with E-state index < -0.39 is 0 Å². The van der Waals surface area contributed by atoms with Gasteiger partial charge in [-0.1, -0.05) is 257 Å². The monoisotopic (exact) mass is 1110 g/mol. The summed E-state index contributed by atoms with van der Waals surface area (Å²) in [6.07, 6.45) is 0. The molecule has 2 aliphatic heterocycles. The number of rotatable bonds is 10. The smallest absolute Gasteiger partial charge is 0.253 e. The number of fused-ring (bicyclic) bond motifs is 8. The topological polar surface area (TPSA) is 14.7 Å². The Morgan fingerprint density at radius 1 is 0.310 bits per heavy atom. The molecule has 0 bridgehead atoms. The molecule has 4 nitrogen and oxygen atoms in total. The van der Waals surface area contributed by atoms with Gasteiger partial charge in [0.05, 0.1) is 28.1 Å². The zero-order valence-corrected chi connectivity index (χ0v) is 48.9. The first-order chi connectivity index (χ1) is 42.9. The summed E-state index contributed by atoms with van der Waals surface area (Å²) in [4.78, 5) is 7.66. The lowest BCUT2D eigenvalue weighted by molar-refractivity contribution is 0.590. The lowest BCUT2D eigenvalue weighted by Crippen LogP contribution is -2.61. The SMILES string of the molecule is CC(C)(C)c1cc2c3c(c1)N(c1ccccc1-c1ccccc1)c1ccc4c(c1B3c1ccc(N(c3ccccc3)c3ccccc3)cc1N2c1ccccc1-c1ccccc1)c1ccccc1n4-c1c(-c2ccccc2)cccc1-c1ccccc1. The van der Waals surface area contributed by atoms with Crippen LogP contribution < -0.4 is 31.1 Å². The Morgan fingerprint density at radius 2 is 0.747 bits per heavy atom. The zero-order valence-electron chi connectivity index (χ0n) is 48.9. The van der Waals surface area contributed by atoms with Crippen molar-refractivity contribution in [2.24, 2.45) is 0 Å². The molecule has 0 unspecified atom stereocenters. The summed E-state index contributed by atoms with van der Waals surface area (Å²) in [6, 6.07) is 117. The molecule has 87 heavy (non-hydrogen) atoms. The van der Waals surface area contributed by atoms with Crippen molar-refractivity contribution < 1.29 is 0 Å². The van der Waals surface area contributed by atoms with E-state index in [2.05, 4.69) is 355 Å². The Balaban J connectivity index is 1.08. The fraction of sp³-hybridized carbons (Fsp3) is 0.0488. The minimum atomic E-state index is -0.240. The van der Waals surface area contributed by atoms with E-state index in [0.29, 0.717) is 0 Å². The van der Waals surface area contributed by atoms with E-state index >= 15 is 0 Å². The van der Waals surface area contributed by atoms with Gasteiger partial charge in [-0.25, -0.2) is 0 Å². The van der Waals surface area contributed by atoms with Crippen LogP contribution in [0.4, 0.5) is 51.2 Å². The average Bonchev–Trinajstić information content (AvgIpc) is 1.68. The first-order valence-electron chi connectivity index (χ1n) is 30.3. The highest BCUT2D eigenvalue weighted by Gasteiger charge is 2.46. The highest BCUT2D eigenvalue weighted by atomic mass is 15.2. The third kappa shape index (κ3) is 8.60. The molecule has 2 aliphatic rings. The van der Waals surface area contributed by atoms with Crippen molar-refractivity contribution in [1.29, 1.82) is 0 Å². The van der Waals surface area contributed by atoms with E-state index in [1.54, 1.807) is 0 Å². The molecule has 0 saturated heterocycles. The highest BCUT2D eigenvalue weighted by Crippen LogP contribution is 2.52. The predicted octanol–water partition coefficient (Wildman–Crippen LogP) is 20.3. The van der Waals surface area contributed by atoms with Gasteiger partial charge in [0, 0.05) is 72.8 Å². The van der Waals surface area contributed by atoms with Gasteiger partial charge in [0.2, 0.25) is 0 Å². The summed E-state index contributed by atoms with van der Waals surface area (Å²) in [5.41, 5.74) is 27.7. The fourth-order valence-electron chi connectivity index (χ4n) is 14.0. The molecule has 0 atom stereocenters. The maximum Gasteiger partial charge on any atom is 0.253 e. The van der Waals surface area contributed by atoms with Gasteiger partial charge in [0.15, 0.2) is 0 Å². The van der Waals surface area contributed by atoms with E-state index in [0.717, 1.165) is 73.3 Å². The van der Waals surface area contributed by atoms with Crippen molar-refractivity contribution >= 4 is 96.1 Å². The number of hydrogen-bond acceptors (Lipinski definition) is 3. The fourth-order valence-corrected chi connectivity index (χ4v) is 14.0. The van der Waals surface area contributed by atoms with Crippen LogP contribution in [-0.4, -0.2) is 11.3 Å². The van der Waals surface area contributed by atoms with Gasteiger partial charge in [-0.05, 0) is 128 Å². The lowest BCUT2D eigenvalue weighted by atomic mass is 9.33. The Bertz CT molecular complexity index is 4800. The summed E-state index contributed by atoms with van der Waals surface area (Å²) in [5.74, 6) is 0. The van der Waals surface area contributed by atoms with Crippen LogP contribution in [0.3, 0.4) is 0 Å². The minimum Gasteiger partial charge on any atom is -0.311 e. The van der Waals surface area contributed by atoms with Crippen LogP contribution in [0.1, 0.15) is 26.3 Å². The summed E-state index contributed by atoms with van der Waals surface area (Å²) in [6.45, 7) is 6.86. The molecule has 0 aliphatic carbocycles. The minimum absolute atomic E-state index is 0.230. The molecule has 1 aromatic heterocycles. The Kier molecular flexibility index (Phi) is 12.5. The second kappa shape index (κ2) is 21.0. The van der Waals surface area contributed by atoms with Crippen molar-refractivity contribution in [3.8, 4) is 50.2 Å². The predicted molar refractivity (Wildman–Crippen MR) is 370 cm³/mol. The number of hydrogen-bond donors (Lipinski definition) is 0. The van der Waals surface area contributed by atoms with E-state index in [1.807, 2.05) is 0 Å². The van der Waals surface area contributed by atoms with Gasteiger partial charge in [0.25, 0.3) is 6.71 Å². The summed E-state index contributed by atoms with van der Waals surface area (Å²) in [7, 11) is 0. The third-order valence-electron chi connectivity index (χ3n) is 17.9. The van der Waals surface area contributed by atoms with Crippen LogP contribution in [0.5, 0.6) is 0 Å². The summed E-state index contributed by atoms with van der Waals surface area (Å²) >= 11 is 0. The zero-order chi connectivity index (χ0) is 58.2. The van der Waals surface area contributed by atoms with Crippen molar-refractivity contribution in [2.45, 2.75) is 26.2 Å². The van der Waals surface area contributed by atoms with Gasteiger partial charge < -0.3 is 19.3 Å².